The van der Waals surface area contributed by atoms with Crippen molar-refractivity contribution in [3.8, 4) is 0 Å². The molecule has 21 heavy (non-hydrogen) atoms. The molecule has 0 radical (unpaired) electrons. The van der Waals surface area contributed by atoms with Crippen LogP contribution in [0.25, 0.3) is 0 Å². The lowest BCUT2D eigenvalue weighted by Crippen LogP contribution is -2.52. The second-order valence-electron chi connectivity index (χ2n) is 5.03. The third-order valence-corrected chi connectivity index (χ3v) is 3.40. The normalized spacial score (nSPS) is 17.0. The molecule has 1 atom stereocenters. The highest BCUT2D eigenvalue weighted by atomic mass is 16.4. The number of hydrogen-bond acceptors (Lipinski definition) is 4. The molecular formula is C14H17N3O4. The van der Waals surface area contributed by atoms with Gasteiger partial charge in [-0.1, -0.05) is 12.1 Å². The Morgan fingerprint density at radius 2 is 2.05 bits per heavy atom. The number of piperazine rings is 1. The minimum atomic E-state index is -0.987. The fraction of sp³-hybridized carbons (Fsp3) is 0.357. The first kappa shape index (κ1) is 15.0. The molecule has 3 N–H and O–H groups in total. The van der Waals surface area contributed by atoms with Crippen molar-refractivity contribution in [2.75, 3.05) is 25.0 Å². The lowest BCUT2D eigenvalue weighted by molar-refractivity contribution is -0.137. The van der Waals surface area contributed by atoms with Crippen molar-refractivity contribution in [1.82, 2.24) is 4.90 Å². The van der Waals surface area contributed by atoms with Gasteiger partial charge >= 0.3 is 5.97 Å². The molecule has 0 bridgehead atoms. The first-order valence-electron chi connectivity index (χ1n) is 6.50. The zero-order valence-electron chi connectivity index (χ0n) is 11.7. The molecular weight excluding hydrogens is 274 g/mol. The fourth-order valence-corrected chi connectivity index (χ4v) is 2.19. The fourth-order valence-electron chi connectivity index (χ4n) is 2.19. The number of carboxylic acids is 1. The van der Waals surface area contributed by atoms with E-state index in [4.69, 9.17) is 10.8 Å². The van der Waals surface area contributed by atoms with Gasteiger partial charge in [-0.25, -0.2) is 0 Å². The van der Waals surface area contributed by atoms with Crippen molar-refractivity contribution in [2.45, 2.75) is 12.5 Å². The molecule has 112 valence electrons. The number of likely N-dealkylation sites (N-methyl/N-ethyl adjacent to an activating group) is 1. The van der Waals surface area contributed by atoms with Gasteiger partial charge in [0.15, 0.2) is 0 Å². The van der Waals surface area contributed by atoms with Crippen LogP contribution in [0.3, 0.4) is 0 Å². The van der Waals surface area contributed by atoms with Crippen molar-refractivity contribution >= 4 is 23.5 Å². The molecule has 1 aromatic carbocycles. The van der Waals surface area contributed by atoms with Crippen LogP contribution in [-0.2, 0) is 14.4 Å². The number of aliphatic carboxylic acids is 1. The van der Waals surface area contributed by atoms with Crippen LogP contribution >= 0.6 is 0 Å². The summed E-state index contributed by atoms with van der Waals surface area (Å²) < 4.78 is 0. The number of amides is 2. The summed E-state index contributed by atoms with van der Waals surface area (Å²) in [7, 11) is 1.58. The molecule has 7 nitrogen and oxygen atoms in total. The van der Waals surface area contributed by atoms with Crippen molar-refractivity contribution < 1.29 is 19.5 Å². The number of hydrogen-bond donors (Lipinski definition) is 2. The molecule has 0 aliphatic carbocycles. The average Bonchev–Trinajstić information content (AvgIpc) is 2.42. The summed E-state index contributed by atoms with van der Waals surface area (Å²) >= 11 is 0. The number of carboxylic acid groups (broad SMARTS) is 1. The molecule has 1 unspecified atom stereocenters. The largest absolute Gasteiger partial charge is 0.481 e. The van der Waals surface area contributed by atoms with Gasteiger partial charge in [-0.05, 0) is 17.7 Å². The predicted octanol–water partition coefficient (Wildman–Crippen LogP) is -0.0339. The van der Waals surface area contributed by atoms with E-state index in [9.17, 15) is 14.4 Å². The monoisotopic (exact) mass is 291 g/mol. The van der Waals surface area contributed by atoms with Crippen LogP contribution in [-0.4, -0.2) is 47.9 Å². The SMILES string of the molecule is CN1CC(=O)N(c2cccc(C(N)CC(=O)O)c2)CC1=O. The third kappa shape index (κ3) is 3.38. The summed E-state index contributed by atoms with van der Waals surface area (Å²) in [6.45, 7) is 0.0111. The first-order valence-corrected chi connectivity index (χ1v) is 6.50. The van der Waals surface area contributed by atoms with E-state index >= 15 is 0 Å². The van der Waals surface area contributed by atoms with E-state index in [2.05, 4.69) is 0 Å². The van der Waals surface area contributed by atoms with Gasteiger partial charge in [0, 0.05) is 18.8 Å². The highest BCUT2D eigenvalue weighted by Gasteiger charge is 2.28. The Bertz CT molecular complexity index is 587. The van der Waals surface area contributed by atoms with E-state index in [1.807, 2.05) is 0 Å². The zero-order valence-corrected chi connectivity index (χ0v) is 11.7. The van der Waals surface area contributed by atoms with Gasteiger partial charge in [-0.3, -0.25) is 14.4 Å². The van der Waals surface area contributed by atoms with Gasteiger partial charge in [-0.2, -0.15) is 0 Å². The number of carbonyl (C=O) groups excluding carboxylic acids is 2. The second-order valence-corrected chi connectivity index (χ2v) is 5.03. The Kier molecular flexibility index (Phi) is 4.23. The lowest BCUT2D eigenvalue weighted by atomic mass is 10.0. The van der Waals surface area contributed by atoms with Crippen molar-refractivity contribution in [3.63, 3.8) is 0 Å². The molecule has 1 aliphatic heterocycles. The summed E-state index contributed by atoms with van der Waals surface area (Å²) in [5.74, 6) is -1.31. The number of nitrogens with two attached hydrogens (primary N) is 1. The maximum Gasteiger partial charge on any atom is 0.305 e. The van der Waals surface area contributed by atoms with Crippen LogP contribution in [0.5, 0.6) is 0 Å². The van der Waals surface area contributed by atoms with E-state index in [1.165, 1.54) is 9.80 Å². The number of rotatable bonds is 4. The molecule has 7 heteroatoms. The van der Waals surface area contributed by atoms with Gasteiger partial charge < -0.3 is 20.6 Å². The van der Waals surface area contributed by atoms with E-state index in [1.54, 1.807) is 31.3 Å². The zero-order chi connectivity index (χ0) is 15.6. The van der Waals surface area contributed by atoms with Crippen molar-refractivity contribution in [2.24, 2.45) is 5.73 Å². The van der Waals surface area contributed by atoms with E-state index in [0.717, 1.165) is 0 Å². The molecule has 0 spiro atoms. The van der Waals surface area contributed by atoms with E-state index in [0.29, 0.717) is 11.3 Å². The van der Waals surface area contributed by atoms with Crippen LogP contribution in [0.4, 0.5) is 5.69 Å². The molecule has 2 rings (SSSR count). The smallest absolute Gasteiger partial charge is 0.305 e. The quantitative estimate of drug-likeness (QED) is 0.810. The van der Waals surface area contributed by atoms with Crippen LogP contribution in [0.1, 0.15) is 18.0 Å². The number of carbonyl (C=O) groups is 3. The summed E-state index contributed by atoms with van der Waals surface area (Å²) in [4.78, 5) is 37.2. The van der Waals surface area contributed by atoms with Gasteiger partial charge in [0.05, 0.1) is 13.0 Å². The standard InChI is InChI=1S/C14H17N3O4/c1-16-7-13(19)17(8-12(16)18)10-4-2-3-9(5-10)11(15)6-14(20)21/h2-5,11H,6-8,15H2,1H3,(H,20,21). The van der Waals surface area contributed by atoms with Gasteiger partial charge in [0.2, 0.25) is 11.8 Å². The van der Waals surface area contributed by atoms with E-state index < -0.39 is 12.0 Å². The highest BCUT2D eigenvalue weighted by molar-refractivity contribution is 6.04. The van der Waals surface area contributed by atoms with Gasteiger partial charge in [0.25, 0.3) is 0 Å². The molecule has 1 aliphatic rings. The van der Waals surface area contributed by atoms with Crippen LogP contribution in [0, 0.1) is 0 Å². The summed E-state index contributed by atoms with van der Waals surface area (Å²) in [5, 5.41) is 8.77. The van der Waals surface area contributed by atoms with E-state index in [-0.39, 0.29) is 31.3 Å². The lowest BCUT2D eigenvalue weighted by Gasteiger charge is -2.32. The van der Waals surface area contributed by atoms with Gasteiger partial charge in [-0.15, -0.1) is 0 Å². The topological polar surface area (TPSA) is 104 Å². The van der Waals surface area contributed by atoms with Crippen LogP contribution in [0.15, 0.2) is 24.3 Å². The summed E-state index contributed by atoms with van der Waals surface area (Å²) in [6, 6.07) is 6.11. The van der Waals surface area contributed by atoms with Crippen LogP contribution < -0.4 is 10.6 Å². The third-order valence-electron chi connectivity index (χ3n) is 3.40. The Hall–Kier alpha value is -2.41. The molecule has 0 saturated carbocycles. The molecule has 1 saturated heterocycles. The second kappa shape index (κ2) is 5.92. The predicted molar refractivity (Wildman–Crippen MR) is 75.6 cm³/mol. The molecule has 1 fully saturated rings. The maximum atomic E-state index is 12.0. The summed E-state index contributed by atoms with van der Waals surface area (Å²) in [6.07, 6.45) is -0.195. The summed E-state index contributed by atoms with van der Waals surface area (Å²) in [5.41, 5.74) is 6.99. The number of benzene rings is 1. The molecule has 0 aromatic heterocycles. The average molecular weight is 291 g/mol. The minimum Gasteiger partial charge on any atom is -0.481 e. The minimum absolute atomic E-state index is 0.0209. The Labute approximate surface area is 121 Å². The van der Waals surface area contributed by atoms with Crippen LogP contribution in [0.2, 0.25) is 0 Å². The Balaban J connectivity index is 2.22. The number of anilines is 1. The number of nitrogens with zero attached hydrogens (tertiary/aromatic N) is 2. The first-order chi connectivity index (χ1) is 9.88. The van der Waals surface area contributed by atoms with Gasteiger partial charge in [0.1, 0.15) is 6.54 Å². The Morgan fingerprint density at radius 1 is 1.33 bits per heavy atom. The molecule has 2 amide bonds. The molecule has 1 aromatic rings. The van der Waals surface area contributed by atoms with Crippen molar-refractivity contribution in [1.29, 1.82) is 0 Å². The Morgan fingerprint density at radius 3 is 2.71 bits per heavy atom. The van der Waals surface area contributed by atoms with Crippen molar-refractivity contribution in [3.05, 3.63) is 29.8 Å². The maximum absolute atomic E-state index is 12.0. The highest BCUT2D eigenvalue weighted by Crippen LogP contribution is 2.23. The molecule has 1 heterocycles.